The van der Waals surface area contributed by atoms with Crippen LogP contribution < -0.4 is 16.9 Å². The van der Waals surface area contributed by atoms with Crippen molar-refractivity contribution in [3.63, 3.8) is 0 Å². The van der Waals surface area contributed by atoms with Gasteiger partial charge in [-0.15, -0.1) is 0 Å². The van der Waals surface area contributed by atoms with E-state index in [1.54, 1.807) is 23.6 Å². The van der Waals surface area contributed by atoms with Gasteiger partial charge in [-0.2, -0.15) is 0 Å². The molecule has 0 radical (unpaired) electrons. The van der Waals surface area contributed by atoms with Crippen molar-refractivity contribution in [1.29, 1.82) is 0 Å². The van der Waals surface area contributed by atoms with Gasteiger partial charge in [0.15, 0.2) is 0 Å². The summed E-state index contributed by atoms with van der Waals surface area (Å²) >= 11 is 0. The van der Waals surface area contributed by atoms with Crippen LogP contribution in [0, 0.1) is 11.8 Å². The number of nitrogens with two attached hydrogens (primary N) is 2. The summed E-state index contributed by atoms with van der Waals surface area (Å²) in [7, 11) is 1.49. The highest BCUT2D eigenvalue weighted by atomic mass is 16.5. The normalized spacial score (nSPS) is 16.4. The van der Waals surface area contributed by atoms with Crippen molar-refractivity contribution in [2.24, 2.45) is 5.73 Å². The van der Waals surface area contributed by atoms with Crippen molar-refractivity contribution >= 4 is 22.8 Å². The number of hydrogen-bond acceptors (Lipinski definition) is 6. The van der Waals surface area contributed by atoms with Crippen molar-refractivity contribution in [3.05, 3.63) is 33.6 Å². The molecule has 2 aromatic rings. The third-order valence-electron chi connectivity index (χ3n) is 5.14. The van der Waals surface area contributed by atoms with Crippen LogP contribution >= 0.6 is 0 Å². The third kappa shape index (κ3) is 4.26. The van der Waals surface area contributed by atoms with E-state index >= 15 is 0 Å². The van der Waals surface area contributed by atoms with Crippen molar-refractivity contribution in [3.8, 4) is 11.8 Å². The van der Waals surface area contributed by atoms with Gasteiger partial charge >= 0.3 is 0 Å². The maximum absolute atomic E-state index is 12.8. The number of nitrogen functional groups attached to an aromatic ring is 1. The number of nitrogens with zero attached hydrogens (tertiary/aromatic N) is 2. The Morgan fingerprint density at radius 1 is 1.41 bits per heavy atom. The molecule has 1 fully saturated rings. The lowest BCUT2D eigenvalue weighted by molar-refractivity contribution is 0.0274. The number of aliphatic hydroxyl groups is 1. The Balaban J connectivity index is 2.11. The van der Waals surface area contributed by atoms with Crippen molar-refractivity contribution < 1.29 is 14.6 Å². The fourth-order valence-corrected chi connectivity index (χ4v) is 3.84. The first kappa shape index (κ1) is 20.8. The van der Waals surface area contributed by atoms with Crippen molar-refractivity contribution in [2.45, 2.75) is 50.7 Å². The maximum Gasteiger partial charge on any atom is 0.256 e. The molecule has 3 rings (SSSR count). The molecule has 29 heavy (non-hydrogen) atoms. The summed E-state index contributed by atoms with van der Waals surface area (Å²) in [6.07, 6.45) is 4.16. The van der Waals surface area contributed by atoms with Crippen LogP contribution in [0.4, 0.5) is 5.82 Å². The molecule has 0 saturated heterocycles. The molecular formula is C21H26N4O4. The molecule has 8 nitrogen and oxygen atoms in total. The van der Waals surface area contributed by atoms with Gasteiger partial charge in [0.1, 0.15) is 22.6 Å². The molecule has 2 aromatic heterocycles. The summed E-state index contributed by atoms with van der Waals surface area (Å²) in [6.45, 7) is 1.67. The molecule has 1 unspecified atom stereocenters. The van der Waals surface area contributed by atoms with Gasteiger partial charge in [0.2, 0.25) is 5.43 Å². The zero-order valence-corrected chi connectivity index (χ0v) is 16.7. The summed E-state index contributed by atoms with van der Waals surface area (Å²) in [4.78, 5) is 29.3. The summed E-state index contributed by atoms with van der Waals surface area (Å²) in [5, 5.41) is 10.4. The van der Waals surface area contributed by atoms with Gasteiger partial charge in [0, 0.05) is 13.2 Å². The predicted octanol–water partition coefficient (Wildman–Crippen LogP) is 1.14. The van der Waals surface area contributed by atoms with E-state index < -0.39 is 16.9 Å². The molecule has 2 heterocycles. The molecule has 154 valence electrons. The lowest BCUT2D eigenvalue weighted by atomic mass is 10.1. The van der Waals surface area contributed by atoms with Gasteiger partial charge in [0.05, 0.1) is 24.1 Å². The minimum Gasteiger partial charge on any atom is -0.384 e. The second-order valence-corrected chi connectivity index (χ2v) is 7.62. The molecule has 0 aliphatic heterocycles. The Kier molecular flexibility index (Phi) is 5.91. The number of fused-ring (bicyclic) bond motifs is 1. The number of aromatic nitrogens is 2. The Morgan fingerprint density at radius 3 is 2.72 bits per heavy atom. The lowest BCUT2D eigenvalue weighted by Gasteiger charge is -2.21. The fourth-order valence-electron chi connectivity index (χ4n) is 3.84. The molecule has 1 aliphatic rings. The van der Waals surface area contributed by atoms with E-state index in [1.807, 2.05) is 0 Å². The number of methoxy groups -OCH3 is 1. The van der Waals surface area contributed by atoms with E-state index in [9.17, 15) is 14.7 Å². The largest absolute Gasteiger partial charge is 0.384 e. The van der Waals surface area contributed by atoms with Gasteiger partial charge in [0.25, 0.3) is 5.91 Å². The summed E-state index contributed by atoms with van der Waals surface area (Å²) in [5.74, 6) is 4.90. The number of anilines is 1. The Hall–Kier alpha value is -2.89. The number of hydrogen-bond donors (Lipinski definition) is 3. The van der Waals surface area contributed by atoms with Crippen LogP contribution in [0.2, 0.25) is 0 Å². The van der Waals surface area contributed by atoms with Gasteiger partial charge < -0.3 is 25.9 Å². The number of amides is 1. The highest BCUT2D eigenvalue weighted by Crippen LogP contribution is 2.34. The summed E-state index contributed by atoms with van der Waals surface area (Å²) < 4.78 is 6.72. The van der Waals surface area contributed by atoms with Crippen LogP contribution in [-0.2, 0) is 11.2 Å². The molecule has 0 aromatic carbocycles. The second kappa shape index (κ2) is 8.23. The first-order valence-electron chi connectivity index (χ1n) is 9.60. The number of pyridine rings is 2. The van der Waals surface area contributed by atoms with E-state index in [4.69, 9.17) is 16.2 Å². The maximum atomic E-state index is 12.8. The number of carbonyl (C=O) groups is 1. The average Bonchev–Trinajstić information content (AvgIpc) is 3.15. The number of ether oxygens (including phenoxy) is 1. The Bertz CT molecular complexity index is 1060. The standard InChI is InChI=1S/C21H26N4O4/c1-21(28,12-29-2)11-5-6-13-9-10-15-17(26)16(19(23)27)18(22)25(20(15)24-13)14-7-3-4-8-14/h9-10,14,28H,3-4,6-8,12,22H2,1-2H3,(H2,23,27). The van der Waals surface area contributed by atoms with Crippen LogP contribution in [0.15, 0.2) is 16.9 Å². The molecule has 1 atom stereocenters. The second-order valence-electron chi connectivity index (χ2n) is 7.62. The first-order valence-corrected chi connectivity index (χ1v) is 9.60. The highest BCUT2D eigenvalue weighted by molar-refractivity contribution is 6.00. The minimum atomic E-state index is -1.25. The van der Waals surface area contributed by atoms with Gasteiger partial charge in [-0.05, 0) is 31.9 Å². The third-order valence-corrected chi connectivity index (χ3v) is 5.14. The monoisotopic (exact) mass is 398 g/mol. The van der Waals surface area contributed by atoms with E-state index in [1.165, 1.54) is 7.11 Å². The van der Waals surface area contributed by atoms with Crippen LogP contribution in [0.25, 0.3) is 11.0 Å². The van der Waals surface area contributed by atoms with E-state index in [0.717, 1.165) is 25.7 Å². The molecule has 8 heteroatoms. The Morgan fingerprint density at radius 2 is 2.10 bits per heavy atom. The molecule has 5 N–H and O–H groups in total. The van der Waals surface area contributed by atoms with Crippen LogP contribution in [0.3, 0.4) is 0 Å². The van der Waals surface area contributed by atoms with E-state index in [0.29, 0.717) is 16.7 Å². The minimum absolute atomic E-state index is 0.0625. The van der Waals surface area contributed by atoms with Gasteiger partial charge in [-0.3, -0.25) is 9.59 Å². The Labute approximate surface area is 168 Å². The quantitative estimate of drug-likeness (QED) is 0.647. The van der Waals surface area contributed by atoms with Crippen LogP contribution in [0.1, 0.15) is 54.7 Å². The molecule has 1 saturated carbocycles. The van der Waals surface area contributed by atoms with Crippen molar-refractivity contribution in [1.82, 2.24) is 9.55 Å². The fraction of sp³-hybridized carbons (Fsp3) is 0.476. The molecule has 1 amide bonds. The van der Waals surface area contributed by atoms with Crippen LogP contribution in [-0.4, -0.2) is 39.9 Å². The molecule has 1 aliphatic carbocycles. The molecule has 0 bridgehead atoms. The number of primary amides is 1. The van der Waals surface area contributed by atoms with Crippen LogP contribution in [0.5, 0.6) is 0 Å². The smallest absolute Gasteiger partial charge is 0.256 e. The molecular weight excluding hydrogens is 372 g/mol. The molecule has 0 spiro atoms. The van der Waals surface area contributed by atoms with Gasteiger partial charge in [-0.1, -0.05) is 24.7 Å². The predicted molar refractivity (Wildman–Crippen MR) is 110 cm³/mol. The van der Waals surface area contributed by atoms with Gasteiger partial charge in [-0.25, -0.2) is 4.98 Å². The van der Waals surface area contributed by atoms with E-state index in [-0.39, 0.29) is 30.5 Å². The highest BCUT2D eigenvalue weighted by Gasteiger charge is 2.26. The zero-order chi connectivity index (χ0) is 21.2. The zero-order valence-electron chi connectivity index (χ0n) is 16.7. The topological polar surface area (TPSA) is 133 Å². The average molecular weight is 398 g/mol. The summed E-state index contributed by atoms with van der Waals surface area (Å²) in [5.41, 5.74) is 10.8. The van der Waals surface area contributed by atoms with E-state index in [2.05, 4.69) is 16.8 Å². The van der Waals surface area contributed by atoms with Crippen molar-refractivity contribution in [2.75, 3.05) is 19.5 Å². The number of rotatable bonds is 5. The lowest BCUT2D eigenvalue weighted by Crippen LogP contribution is -2.29. The summed E-state index contributed by atoms with van der Waals surface area (Å²) in [6, 6.07) is 3.38. The number of carbonyl (C=O) groups excluding carboxylic acids is 1. The SMILES string of the molecule is COCC(C)(O)C#CCc1ccc2c(=O)c(C(N)=O)c(N)n(C3CCCC3)c2n1. The first-order chi connectivity index (χ1) is 13.7.